The Labute approximate surface area is 91.0 Å². The van der Waals surface area contributed by atoms with Gasteiger partial charge in [0, 0.05) is 0 Å². The normalized spacial score (nSPS) is 14.8. The minimum absolute atomic E-state index is 0. The highest BCUT2D eigenvalue weighted by molar-refractivity contribution is 5.77. The molecule has 2 atom stereocenters. The predicted octanol–water partition coefficient (Wildman–Crippen LogP) is -1.06. The first-order valence-electron chi connectivity index (χ1n) is 4.76. The smallest absolute Gasteiger partial charge is 0.0989 e. The number of aliphatic hydroxyl groups is 1. The summed E-state index contributed by atoms with van der Waals surface area (Å²) < 4.78 is 0. The molecule has 0 radical (unpaired) electrons. The molecule has 0 heterocycles. The summed E-state index contributed by atoms with van der Waals surface area (Å²) in [7, 11) is 0. The van der Waals surface area contributed by atoms with Gasteiger partial charge in [0.15, 0.2) is 0 Å². The first-order chi connectivity index (χ1) is 6.02. The Hall–Kier alpha value is -0.690. The molecule has 0 aromatic rings. The van der Waals surface area contributed by atoms with E-state index in [1.54, 1.807) is 13.8 Å². The highest BCUT2D eigenvalue weighted by atomic mass is 16.3. The number of rotatable bonds is 6. The van der Waals surface area contributed by atoms with Crippen LogP contribution in [-0.2, 0) is 0 Å². The third-order valence-corrected chi connectivity index (χ3v) is 1.74. The molecule has 0 aromatic carbocycles. The number of aliphatic hydroxyl groups excluding tert-OH is 1. The minimum atomic E-state index is -0.212. The lowest BCUT2D eigenvalue weighted by molar-refractivity contribution is 0.180. The molecule has 94 valence electrons. The summed E-state index contributed by atoms with van der Waals surface area (Å²) in [6.07, 6.45) is 3.25. The van der Waals surface area contributed by atoms with E-state index in [4.69, 9.17) is 16.6 Å². The first kappa shape index (κ1) is 19.8. The van der Waals surface area contributed by atoms with Gasteiger partial charge in [0.05, 0.1) is 18.1 Å². The maximum Gasteiger partial charge on any atom is 0.0989 e. The van der Waals surface area contributed by atoms with E-state index in [-0.39, 0.29) is 23.2 Å². The molecule has 0 saturated carbocycles. The number of nitrogens with zero attached hydrogens (tertiary/aromatic N) is 1. The molecule has 0 aliphatic heterocycles. The fraction of sp³-hybridized carbons (Fsp3) is 0.889. The molecule has 0 aromatic heterocycles. The van der Waals surface area contributed by atoms with E-state index in [9.17, 15) is 0 Å². The Balaban J connectivity index is -0.000000720. The number of amidine groups is 1. The number of hydrogen-bond donors (Lipinski definition) is 3. The van der Waals surface area contributed by atoms with E-state index in [2.05, 4.69) is 4.99 Å². The highest BCUT2D eigenvalue weighted by Crippen LogP contribution is 2.05. The molecule has 6 heteroatoms. The standard InChI is InChI=1S/C9H21N3O.2H2O/c1-7(13)5-3-4-6-9(11)12-8(2)10;;/h7,9,13H,3-6,11H2,1-2H3,(H2,10,12);2*1H2. The van der Waals surface area contributed by atoms with E-state index < -0.39 is 0 Å². The van der Waals surface area contributed by atoms with Crippen LogP contribution >= 0.6 is 0 Å². The van der Waals surface area contributed by atoms with Gasteiger partial charge in [-0.2, -0.15) is 0 Å². The highest BCUT2D eigenvalue weighted by Gasteiger charge is 2.00. The summed E-state index contributed by atoms with van der Waals surface area (Å²) in [5, 5.41) is 8.98. The molecule has 0 saturated heterocycles. The summed E-state index contributed by atoms with van der Waals surface area (Å²) >= 11 is 0. The van der Waals surface area contributed by atoms with Gasteiger partial charge in [0.1, 0.15) is 0 Å². The monoisotopic (exact) mass is 223 g/mol. The van der Waals surface area contributed by atoms with E-state index in [1.165, 1.54) is 0 Å². The molecule has 0 rings (SSSR count). The molecule has 6 nitrogen and oxygen atoms in total. The lowest BCUT2D eigenvalue weighted by Gasteiger charge is -2.07. The maximum atomic E-state index is 8.98. The van der Waals surface area contributed by atoms with Gasteiger partial charge >= 0.3 is 0 Å². The second-order valence-electron chi connectivity index (χ2n) is 3.47. The van der Waals surface area contributed by atoms with Gasteiger partial charge in [0.2, 0.25) is 0 Å². The van der Waals surface area contributed by atoms with Gasteiger partial charge in [-0.3, -0.25) is 4.99 Å². The number of unbranched alkanes of at least 4 members (excludes halogenated alkanes) is 1. The summed E-state index contributed by atoms with van der Waals surface area (Å²) in [4.78, 5) is 4.00. The molecule has 9 N–H and O–H groups in total. The third-order valence-electron chi connectivity index (χ3n) is 1.74. The second kappa shape index (κ2) is 11.4. The Morgan fingerprint density at radius 1 is 1.27 bits per heavy atom. The summed E-state index contributed by atoms with van der Waals surface area (Å²) in [6, 6.07) is 0. The molecule has 0 spiro atoms. The van der Waals surface area contributed by atoms with Crippen LogP contribution in [-0.4, -0.2) is 34.2 Å². The van der Waals surface area contributed by atoms with Crippen LogP contribution in [0, 0.1) is 0 Å². The minimum Gasteiger partial charge on any atom is -0.412 e. The van der Waals surface area contributed by atoms with Crippen molar-refractivity contribution >= 4 is 5.84 Å². The van der Waals surface area contributed by atoms with Crippen LogP contribution in [0.25, 0.3) is 0 Å². The van der Waals surface area contributed by atoms with Crippen LogP contribution in [0.15, 0.2) is 4.99 Å². The van der Waals surface area contributed by atoms with Crippen molar-refractivity contribution in [2.45, 2.75) is 51.8 Å². The number of hydrogen-bond acceptors (Lipinski definition) is 3. The van der Waals surface area contributed by atoms with Crippen LogP contribution < -0.4 is 11.5 Å². The lowest BCUT2D eigenvalue weighted by Crippen LogP contribution is -2.21. The molecule has 2 unspecified atom stereocenters. The molecule has 0 fully saturated rings. The second-order valence-corrected chi connectivity index (χ2v) is 3.47. The van der Waals surface area contributed by atoms with Crippen LogP contribution in [0.2, 0.25) is 0 Å². The third kappa shape index (κ3) is 16.0. The van der Waals surface area contributed by atoms with Crippen molar-refractivity contribution in [2.75, 3.05) is 0 Å². The van der Waals surface area contributed by atoms with E-state index in [1.807, 2.05) is 0 Å². The Bertz CT molecular complexity index is 159. The molecular formula is C9H25N3O3. The topological polar surface area (TPSA) is 148 Å². The molecule has 0 bridgehead atoms. The van der Waals surface area contributed by atoms with Crippen LogP contribution in [0.5, 0.6) is 0 Å². The number of nitrogens with two attached hydrogens (primary N) is 2. The van der Waals surface area contributed by atoms with Crippen molar-refractivity contribution < 1.29 is 16.1 Å². The molecular weight excluding hydrogens is 198 g/mol. The average molecular weight is 223 g/mol. The zero-order valence-corrected chi connectivity index (χ0v) is 9.53. The van der Waals surface area contributed by atoms with Gasteiger partial charge in [-0.05, 0) is 33.1 Å². The zero-order valence-electron chi connectivity index (χ0n) is 9.53. The van der Waals surface area contributed by atoms with E-state index >= 15 is 0 Å². The van der Waals surface area contributed by atoms with Crippen LogP contribution in [0.3, 0.4) is 0 Å². The van der Waals surface area contributed by atoms with Crippen LogP contribution in [0.1, 0.15) is 39.5 Å². The van der Waals surface area contributed by atoms with Gasteiger partial charge < -0.3 is 27.5 Å². The SMILES string of the molecule is C/C(N)=N\C(N)CCCCC(C)O.O.O. The van der Waals surface area contributed by atoms with Crippen molar-refractivity contribution in [3.8, 4) is 0 Å². The van der Waals surface area contributed by atoms with Crippen molar-refractivity contribution in [3.05, 3.63) is 0 Å². The van der Waals surface area contributed by atoms with E-state index in [0.717, 1.165) is 25.7 Å². The predicted molar refractivity (Wildman–Crippen MR) is 62.6 cm³/mol. The van der Waals surface area contributed by atoms with Gasteiger partial charge in [-0.25, -0.2) is 0 Å². The fourth-order valence-electron chi connectivity index (χ4n) is 1.12. The van der Waals surface area contributed by atoms with Gasteiger partial charge in [-0.1, -0.05) is 6.42 Å². The quantitative estimate of drug-likeness (QED) is 0.299. The molecule has 15 heavy (non-hydrogen) atoms. The number of aliphatic imine (C=N–C) groups is 1. The van der Waals surface area contributed by atoms with Crippen molar-refractivity contribution in [3.63, 3.8) is 0 Å². The molecule has 0 aliphatic rings. The Kier molecular flexibility index (Phi) is 15.0. The molecule has 0 aliphatic carbocycles. The summed E-state index contributed by atoms with van der Waals surface area (Å²) in [6.45, 7) is 3.53. The first-order valence-corrected chi connectivity index (χ1v) is 4.76. The fourth-order valence-corrected chi connectivity index (χ4v) is 1.12. The van der Waals surface area contributed by atoms with Crippen molar-refractivity contribution in [1.29, 1.82) is 0 Å². The summed E-state index contributed by atoms with van der Waals surface area (Å²) in [5.74, 6) is 0.531. The zero-order chi connectivity index (χ0) is 10.3. The van der Waals surface area contributed by atoms with Gasteiger partial charge in [0.25, 0.3) is 0 Å². The van der Waals surface area contributed by atoms with Crippen molar-refractivity contribution in [1.82, 2.24) is 0 Å². The Morgan fingerprint density at radius 3 is 2.13 bits per heavy atom. The maximum absolute atomic E-state index is 8.98. The molecule has 0 amide bonds. The van der Waals surface area contributed by atoms with Crippen LogP contribution in [0.4, 0.5) is 0 Å². The van der Waals surface area contributed by atoms with Gasteiger partial charge in [-0.15, -0.1) is 0 Å². The Morgan fingerprint density at radius 2 is 1.73 bits per heavy atom. The lowest BCUT2D eigenvalue weighted by atomic mass is 10.1. The van der Waals surface area contributed by atoms with E-state index in [0.29, 0.717) is 5.84 Å². The van der Waals surface area contributed by atoms with Crippen molar-refractivity contribution in [2.24, 2.45) is 16.5 Å². The largest absolute Gasteiger partial charge is 0.412 e. The average Bonchev–Trinajstić information content (AvgIpc) is 1.96. The summed E-state index contributed by atoms with van der Waals surface area (Å²) in [5.41, 5.74) is 11.0.